The summed E-state index contributed by atoms with van der Waals surface area (Å²) < 4.78 is 12.9. The Bertz CT molecular complexity index is 354. The zero-order chi connectivity index (χ0) is 13.4. The molecule has 1 aromatic rings. The Hall–Kier alpha value is -0.600. The number of hydrogen-bond acceptors (Lipinski definition) is 1. The molecule has 1 nitrogen and oxygen atoms in total. The van der Waals surface area contributed by atoms with Crippen molar-refractivity contribution in [3.8, 4) is 0 Å². The van der Waals surface area contributed by atoms with Gasteiger partial charge in [0.2, 0.25) is 0 Å². The molecule has 0 saturated heterocycles. The first-order valence-corrected chi connectivity index (χ1v) is 7.20. The zero-order valence-electron chi connectivity index (χ0n) is 11.1. The second-order valence-corrected chi connectivity index (χ2v) is 5.31. The first-order valence-electron chi connectivity index (χ1n) is 6.83. The molecule has 1 atom stereocenters. The van der Waals surface area contributed by atoms with E-state index in [9.17, 15) is 4.39 Å². The maximum absolute atomic E-state index is 12.9. The van der Waals surface area contributed by atoms with Crippen LogP contribution in [0.3, 0.4) is 0 Å². The van der Waals surface area contributed by atoms with Crippen LogP contribution in [0.5, 0.6) is 0 Å². The van der Waals surface area contributed by atoms with Crippen molar-refractivity contribution >= 4 is 11.6 Å². The topological polar surface area (TPSA) is 26.0 Å². The average Bonchev–Trinajstić information content (AvgIpc) is 2.32. The highest BCUT2D eigenvalue weighted by Crippen LogP contribution is 2.19. The van der Waals surface area contributed by atoms with E-state index >= 15 is 0 Å². The van der Waals surface area contributed by atoms with Gasteiger partial charge in [0, 0.05) is 11.1 Å². The molecule has 0 aliphatic heterocycles. The fourth-order valence-electron chi connectivity index (χ4n) is 2.08. The molecule has 18 heavy (non-hydrogen) atoms. The Kier molecular flexibility index (Phi) is 7.29. The number of unbranched alkanes of at least 4 members (excludes halogenated alkanes) is 4. The minimum absolute atomic E-state index is 0.120. The molecule has 0 bridgehead atoms. The van der Waals surface area contributed by atoms with Crippen molar-refractivity contribution in [2.45, 2.75) is 57.9 Å². The Balaban J connectivity index is 2.28. The molecule has 1 aromatic carbocycles. The molecule has 0 aliphatic carbocycles. The summed E-state index contributed by atoms with van der Waals surface area (Å²) in [5.74, 6) is -0.295. The molecule has 0 saturated carbocycles. The van der Waals surface area contributed by atoms with Crippen LogP contribution in [0.4, 0.5) is 4.39 Å². The largest absolute Gasteiger partial charge is 0.327 e. The van der Waals surface area contributed by atoms with E-state index in [-0.39, 0.29) is 11.9 Å². The summed E-state index contributed by atoms with van der Waals surface area (Å²) in [6, 6.07) is 4.64. The van der Waals surface area contributed by atoms with Gasteiger partial charge >= 0.3 is 0 Å². The van der Waals surface area contributed by atoms with Crippen LogP contribution in [-0.2, 0) is 6.42 Å². The first kappa shape index (κ1) is 15.5. The maximum Gasteiger partial charge on any atom is 0.124 e. The van der Waals surface area contributed by atoms with Crippen LogP contribution in [0, 0.1) is 5.82 Å². The Morgan fingerprint density at radius 2 is 1.94 bits per heavy atom. The number of hydrogen-bond donors (Lipinski definition) is 1. The van der Waals surface area contributed by atoms with Crippen molar-refractivity contribution in [2.75, 3.05) is 0 Å². The second-order valence-electron chi connectivity index (χ2n) is 4.90. The molecule has 0 heterocycles. The molecule has 1 rings (SSSR count). The third-order valence-electron chi connectivity index (χ3n) is 3.18. The van der Waals surface area contributed by atoms with E-state index in [1.165, 1.54) is 44.2 Å². The van der Waals surface area contributed by atoms with Crippen LogP contribution in [0.2, 0.25) is 5.02 Å². The van der Waals surface area contributed by atoms with Crippen LogP contribution in [0.25, 0.3) is 0 Å². The van der Waals surface area contributed by atoms with Gasteiger partial charge in [-0.1, -0.05) is 56.7 Å². The molecule has 0 amide bonds. The molecule has 0 aromatic heterocycles. The smallest absolute Gasteiger partial charge is 0.124 e. The van der Waals surface area contributed by atoms with Crippen molar-refractivity contribution in [2.24, 2.45) is 5.73 Å². The molecule has 0 radical (unpaired) electrons. The summed E-state index contributed by atoms with van der Waals surface area (Å²) in [5, 5.41) is 0.483. The number of benzene rings is 1. The van der Waals surface area contributed by atoms with Crippen molar-refractivity contribution in [3.05, 3.63) is 34.6 Å². The van der Waals surface area contributed by atoms with Gasteiger partial charge in [0.15, 0.2) is 0 Å². The lowest BCUT2D eigenvalue weighted by atomic mass is 10.0. The SMILES string of the molecule is CCCCCCCC(N)Cc1ccc(F)cc1Cl. The molecule has 1 unspecified atom stereocenters. The standard InChI is InChI=1S/C15H23ClFN/c1-2-3-4-5-6-7-14(18)10-12-8-9-13(17)11-15(12)16/h8-9,11,14H,2-7,10,18H2,1H3. The van der Waals surface area contributed by atoms with Gasteiger partial charge in [-0.25, -0.2) is 4.39 Å². The molecule has 2 N–H and O–H groups in total. The van der Waals surface area contributed by atoms with Crippen LogP contribution in [0.15, 0.2) is 18.2 Å². The fraction of sp³-hybridized carbons (Fsp3) is 0.600. The molecule has 0 aliphatic rings. The minimum atomic E-state index is -0.295. The van der Waals surface area contributed by atoms with Crippen molar-refractivity contribution < 1.29 is 4.39 Å². The summed E-state index contributed by atoms with van der Waals surface area (Å²) in [4.78, 5) is 0. The van der Waals surface area contributed by atoms with Crippen LogP contribution >= 0.6 is 11.6 Å². The van der Waals surface area contributed by atoms with Crippen LogP contribution < -0.4 is 5.73 Å². The third kappa shape index (κ3) is 5.83. The zero-order valence-corrected chi connectivity index (χ0v) is 11.8. The lowest BCUT2D eigenvalue weighted by Gasteiger charge is -2.12. The van der Waals surface area contributed by atoms with Gasteiger partial charge in [-0.2, -0.15) is 0 Å². The van der Waals surface area contributed by atoms with Gasteiger partial charge in [-0.15, -0.1) is 0 Å². The summed E-state index contributed by atoms with van der Waals surface area (Å²) >= 11 is 5.98. The van der Waals surface area contributed by atoms with Crippen molar-refractivity contribution in [1.29, 1.82) is 0 Å². The van der Waals surface area contributed by atoms with Crippen LogP contribution in [-0.4, -0.2) is 6.04 Å². The maximum atomic E-state index is 12.9. The van der Waals surface area contributed by atoms with E-state index < -0.39 is 0 Å². The quantitative estimate of drug-likeness (QED) is 0.681. The highest BCUT2D eigenvalue weighted by molar-refractivity contribution is 6.31. The fourth-order valence-corrected chi connectivity index (χ4v) is 2.33. The van der Waals surface area contributed by atoms with E-state index in [4.69, 9.17) is 17.3 Å². The van der Waals surface area contributed by atoms with Crippen molar-refractivity contribution in [3.63, 3.8) is 0 Å². The molecule has 3 heteroatoms. The molecular formula is C15H23ClFN. The van der Waals surface area contributed by atoms with Gasteiger partial charge in [-0.3, -0.25) is 0 Å². The van der Waals surface area contributed by atoms with E-state index in [0.29, 0.717) is 5.02 Å². The predicted octanol–water partition coefficient (Wildman–Crippen LogP) is 4.71. The summed E-state index contributed by atoms with van der Waals surface area (Å²) in [6.07, 6.45) is 8.01. The Morgan fingerprint density at radius 1 is 1.22 bits per heavy atom. The molecule has 0 fully saturated rings. The normalized spacial score (nSPS) is 12.7. The molecule has 0 spiro atoms. The predicted molar refractivity (Wildman–Crippen MR) is 76.5 cm³/mol. The minimum Gasteiger partial charge on any atom is -0.327 e. The highest BCUT2D eigenvalue weighted by atomic mass is 35.5. The first-order chi connectivity index (χ1) is 8.63. The highest BCUT2D eigenvalue weighted by Gasteiger charge is 2.08. The summed E-state index contributed by atoms with van der Waals surface area (Å²) in [6.45, 7) is 2.21. The monoisotopic (exact) mass is 271 g/mol. The second kappa shape index (κ2) is 8.49. The Morgan fingerprint density at radius 3 is 2.61 bits per heavy atom. The lowest BCUT2D eigenvalue weighted by molar-refractivity contribution is 0.538. The number of nitrogens with two attached hydrogens (primary N) is 1. The van der Waals surface area contributed by atoms with Gasteiger partial charge in [-0.05, 0) is 30.5 Å². The number of halogens is 2. The van der Waals surface area contributed by atoms with Gasteiger partial charge in [0.1, 0.15) is 5.82 Å². The van der Waals surface area contributed by atoms with Gasteiger partial charge < -0.3 is 5.73 Å². The average molecular weight is 272 g/mol. The van der Waals surface area contributed by atoms with E-state index in [1.807, 2.05) is 0 Å². The Labute approximate surface area is 115 Å². The van der Waals surface area contributed by atoms with Gasteiger partial charge in [0.05, 0.1) is 0 Å². The van der Waals surface area contributed by atoms with Crippen LogP contribution in [0.1, 0.15) is 51.0 Å². The van der Waals surface area contributed by atoms with E-state index in [1.54, 1.807) is 6.07 Å². The number of rotatable bonds is 8. The molecule has 102 valence electrons. The third-order valence-corrected chi connectivity index (χ3v) is 3.53. The van der Waals surface area contributed by atoms with Crippen molar-refractivity contribution in [1.82, 2.24) is 0 Å². The van der Waals surface area contributed by atoms with E-state index in [0.717, 1.165) is 18.4 Å². The van der Waals surface area contributed by atoms with Gasteiger partial charge in [0.25, 0.3) is 0 Å². The van der Waals surface area contributed by atoms with E-state index in [2.05, 4.69) is 6.92 Å². The molecular weight excluding hydrogens is 249 g/mol. The lowest BCUT2D eigenvalue weighted by Crippen LogP contribution is -2.22. The summed E-state index contributed by atoms with van der Waals surface area (Å²) in [5.41, 5.74) is 7.02. The summed E-state index contributed by atoms with van der Waals surface area (Å²) in [7, 11) is 0.